The van der Waals surface area contributed by atoms with Gasteiger partial charge in [0.05, 0.1) is 5.92 Å². The summed E-state index contributed by atoms with van der Waals surface area (Å²) in [5.41, 5.74) is 2.59. The van der Waals surface area contributed by atoms with Crippen LogP contribution >= 0.6 is 0 Å². The fourth-order valence-electron chi connectivity index (χ4n) is 5.45. The molecule has 2 heterocycles. The van der Waals surface area contributed by atoms with Crippen molar-refractivity contribution in [3.63, 3.8) is 0 Å². The van der Waals surface area contributed by atoms with E-state index in [4.69, 9.17) is 0 Å². The van der Waals surface area contributed by atoms with Gasteiger partial charge in [-0.1, -0.05) is 44.2 Å². The molecule has 1 saturated heterocycles. The summed E-state index contributed by atoms with van der Waals surface area (Å²) in [7, 11) is 4.20. The maximum atomic E-state index is 13.6. The van der Waals surface area contributed by atoms with Crippen molar-refractivity contribution < 1.29 is 14.0 Å². The predicted molar refractivity (Wildman–Crippen MR) is 141 cm³/mol. The lowest BCUT2D eigenvalue weighted by atomic mass is 9.79. The summed E-state index contributed by atoms with van der Waals surface area (Å²) < 4.78 is 13.6. The number of rotatable bonds is 7. The molecule has 2 amide bonds. The lowest BCUT2D eigenvalue weighted by Crippen LogP contribution is -2.57. The van der Waals surface area contributed by atoms with Gasteiger partial charge in [0.1, 0.15) is 11.9 Å². The van der Waals surface area contributed by atoms with Crippen molar-refractivity contribution in [1.29, 1.82) is 0 Å². The Labute approximate surface area is 212 Å². The van der Waals surface area contributed by atoms with E-state index in [0.717, 1.165) is 23.8 Å². The summed E-state index contributed by atoms with van der Waals surface area (Å²) in [6, 6.07) is 14.4. The molecule has 192 valence electrons. The Morgan fingerprint density at radius 3 is 2.33 bits per heavy atom. The average molecular weight is 493 g/mol. The summed E-state index contributed by atoms with van der Waals surface area (Å²) in [5, 5.41) is 3.83. The molecule has 0 aliphatic carbocycles. The molecule has 0 bridgehead atoms. The van der Waals surface area contributed by atoms with Crippen LogP contribution in [0.1, 0.15) is 50.7 Å². The van der Waals surface area contributed by atoms with Gasteiger partial charge in [0.25, 0.3) is 0 Å². The second kappa shape index (κ2) is 10.4. The number of hydrogen-bond acceptors (Lipinski definition) is 3. The van der Waals surface area contributed by atoms with Gasteiger partial charge < -0.3 is 15.2 Å². The number of benzene rings is 2. The molecule has 0 saturated carbocycles. The molecule has 7 heteroatoms. The number of piperidine rings is 1. The number of fused-ring (bicyclic) bond motifs is 1. The number of carbonyl (C=O) groups excluding carboxylic acids is 2. The molecular formula is C29H37FN4O2. The standard InChI is InChI=1S/C29H37FN4O2/c1-19(2)26(32-27(35)20(3)24-18-31-25-17-22(30)11-12-23(24)25)28(36)34-15-13-29(14-16-34,33(4)5)21-9-7-6-8-10-21/h6-12,17-20,26,31H,13-16H2,1-5H3,(H,32,35). The predicted octanol–water partition coefficient (Wildman–Crippen LogP) is 4.63. The van der Waals surface area contributed by atoms with E-state index in [0.29, 0.717) is 18.6 Å². The maximum Gasteiger partial charge on any atom is 0.245 e. The molecule has 3 aromatic rings. The van der Waals surface area contributed by atoms with Crippen LogP contribution in [0.15, 0.2) is 54.7 Å². The first-order valence-electron chi connectivity index (χ1n) is 12.7. The molecule has 4 rings (SSSR count). The number of halogens is 1. The van der Waals surface area contributed by atoms with Crippen LogP contribution in [-0.4, -0.2) is 59.8 Å². The summed E-state index contributed by atoms with van der Waals surface area (Å²) in [6.07, 6.45) is 3.41. The number of nitrogens with zero attached hydrogens (tertiary/aromatic N) is 2. The van der Waals surface area contributed by atoms with Gasteiger partial charge in [-0.25, -0.2) is 4.39 Å². The largest absolute Gasteiger partial charge is 0.361 e. The minimum Gasteiger partial charge on any atom is -0.361 e. The maximum absolute atomic E-state index is 13.6. The van der Waals surface area contributed by atoms with Crippen molar-refractivity contribution in [3.05, 3.63) is 71.7 Å². The molecule has 0 spiro atoms. The van der Waals surface area contributed by atoms with Crippen LogP contribution in [0.3, 0.4) is 0 Å². The molecule has 2 N–H and O–H groups in total. The van der Waals surface area contributed by atoms with Crippen molar-refractivity contribution >= 4 is 22.7 Å². The van der Waals surface area contributed by atoms with Crippen molar-refractivity contribution in [1.82, 2.24) is 20.1 Å². The van der Waals surface area contributed by atoms with Gasteiger partial charge in [0.15, 0.2) is 0 Å². The number of H-pyrrole nitrogens is 1. The Bertz CT molecular complexity index is 1210. The van der Waals surface area contributed by atoms with E-state index < -0.39 is 12.0 Å². The number of aromatic amines is 1. The second-order valence-electron chi connectivity index (χ2n) is 10.5. The highest BCUT2D eigenvalue weighted by Crippen LogP contribution is 2.37. The third-order valence-corrected chi connectivity index (χ3v) is 7.84. The number of nitrogens with one attached hydrogen (secondary N) is 2. The van der Waals surface area contributed by atoms with Crippen LogP contribution in [0.5, 0.6) is 0 Å². The summed E-state index contributed by atoms with van der Waals surface area (Å²) in [6.45, 7) is 7.00. The first-order chi connectivity index (χ1) is 17.1. The number of hydrogen-bond donors (Lipinski definition) is 2. The normalized spacial score (nSPS) is 17.4. The van der Waals surface area contributed by atoms with Crippen LogP contribution in [0.25, 0.3) is 10.9 Å². The van der Waals surface area contributed by atoms with Gasteiger partial charge in [-0.15, -0.1) is 0 Å². The molecule has 2 unspecified atom stereocenters. The molecule has 36 heavy (non-hydrogen) atoms. The third kappa shape index (κ3) is 4.89. The molecule has 1 aromatic heterocycles. The zero-order valence-electron chi connectivity index (χ0n) is 21.8. The molecule has 1 fully saturated rings. The van der Waals surface area contributed by atoms with Crippen molar-refractivity contribution in [2.75, 3.05) is 27.2 Å². The number of likely N-dealkylation sites (tertiary alicyclic amines) is 1. The number of amides is 2. The van der Waals surface area contributed by atoms with Crippen molar-refractivity contribution in [3.8, 4) is 0 Å². The fourth-order valence-corrected chi connectivity index (χ4v) is 5.45. The van der Waals surface area contributed by atoms with E-state index >= 15 is 0 Å². The van der Waals surface area contributed by atoms with Gasteiger partial charge in [-0.05, 0) is 69.1 Å². The summed E-state index contributed by atoms with van der Waals surface area (Å²) >= 11 is 0. The lowest BCUT2D eigenvalue weighted by Gasteiger charge is -2.47. The quantitative estimate of drug-likeness (QED) is 0.505. The Morgan fingerprint density at radius 1 is 1.06 bits per heavy atom. The minimum atomic E-state index is -0.605. The van der Waals surface area contributed by atoms with E-state index in [2.05, 4.69) is 53.6 Å². The average Bonchev–Trinajstić information content (AvgIpc) is 3.29. The number of carbonyl (C=O) groups is 2. The minimum absolute atomic E-state index is 0.0352. The van der Waals surface area contributed by atoms with E-state index in [1.54, 1.807) is 12.3 Å². The second-order valence-corrected chi connectivity index (χ2v) is 10.5. The first kappa shape index (κ1) is 25.9. The lowest BCUT2D eigenvalue weighted by molar-refractivity contribution is -0.140. The van der Waals surface area contributed by atoms with E-state index in [9.17, 15) is 14.0 Å². The van der Waals surface area contributed by atoms with E-state index in [-0.39, 0.29) is 29.1 Å². The van der Waals surface area contributed by atoms with Gasteiger partial charge in [-0.3, -0.25) is 14.5 Å². The fraction of sp³-hybridized carbons (Fsp3) is 0.448. The number of aromatic nitrogens is 1. The Kier molecular flexibility index (Phi) is 7.50. The molecule has 2 aromatic carbocycles. The third-order valence-electron chi connectivity index (χ3n) is 7.84. The Balaban J connectivity index is 1.46. The van der Waals surface area contributed by atoms with Crippen LogP contribution in [0, 0.1) is 11.7 Å². The van der Waals surface area contributed by atoms with Gasteiger partial charge in [0.2, 0.25) is 11.8 Å². The van der Waals surface area contributed by atoms with Crippen molar-refractivity contribution in [2.45, 2.75) is 51.1 Å². The molecule has 6 nitrogen and oxygen atoms in total. The van der Waals surface area contributed by atoms with Crippen LogP contribution in [0.2, 0.25) is 0 Å². The van der Waals surface area contributed by atoms with E-state index in [1.807, 2.05) is 31.7 Å². The Hall–Kier alpha value is -3.19. The van der Waals surface area contributed by atoms with Crippen LogP contribution < -0.4 is 5.32 Å². The van der Waals surface area contributed by atoms with Crippen LogP contribution in [-0.2, 0) is 15.1 Å². The summed E-state index contributed by atoms with van der Waals surface area (Å²) in [5.74, 6) is -1.12. The Morgan fingerprint density at radius 2 is 1.72 bits per heavy atom. The van der Waals surface area contributed by atoms with Gasteiger partial charge in [0, 0.05) is 35.7 Å². The molecule has 2 atom stereocenters. The van der Waals surface area contributed by atoms with Gasteiger partial charge >= 0.3 is 0 Å². The van der Waals surface area contributed by atoms with Crippen LogP contribution in [0.4, 0.5) is 4.39 Å². The topological polar surface area (TPSA) is 68.4 Å². The summed E-state index contributed by atoms with van der Waals surface area (Å²) in [4.78, 5) is 34.1. The smallest absolute Gasteiger partial charge is 0.245 e. The SMILES string of the molecule is CC(C(=O)NC(C(=O)N1CCC(c2ccccc2)(N(C)C)CC1)C(C)C)c1c[nH]c2cc(F)ccc12. The zero-order valence-corrected chi connectivity index (χ0v) is 21.8. The highest BCUT2D eigenvalue weighted by molar-refractivity contribution is 5.94. The molecule has 1 aliphatic rings. The molecule has 0 radical (unpaired) electrons. The van der Waals surface area contributed by atoms with Crippen molar-refractivity contribution in [2.24, 2.45) is 5.92 Å². The zero-order chi connectivity index (χ0) is 26.0. The van der Waals surface area contributed by atoms with Gasteiger partial charge in [-0.2, -0.15) is 0 Å². The monoisotopic (exact) mass is 492 g/mol. The highest BCUT2D eigenvalue weighted by atomic mass is 19.1. The molecular weight excluding hydrogens is 455 g/mol. The highest BCUT2D eigenvalue weighted by Gasteiger charge is 2.41. The first-order valence-corrected chi connectivity index (χ1v) is 12.7. The van der Waals surface area contributed by atoms with E-state index in [1.165, 1.54) is 17.7 Å². The molecule has 1 aliphatic heterocycles.